The highest BCUT2D eigenvalue weighted by atomic mass is 16.2. The molecule has 0 aromatic carbocycles. The Hall–Kier alpha value is -4.34. The molecule has 0 unspecified atom stereocenters. The Bertz CT molecular complexity index is 1020. The molecule has 152 valence electrons. The SMILES string of the molecule is N=Cc1c(N)ncc(NC(=O)C(=O)N(Cc2ccccn2)Cc2ccccn2)c1N. The summed E-state index contributed by atoms with van der Waals surface area (Å²) in [4.78, 5) is 39.2. The zero-order valence-electron chi connectivity index (χ0n) is 15.9. The second-order valence-corrected chi connectivity index (χ2v) is 6.29. The predicted octanol–water partition coefficient (Wildman–Crippen LogP) is 1.20. The van der Waals surface area contributed by atoms with E-state index < -0.39 is 11.8 Å². The number of aromatic nitrogens is 3. The van der Waals surface area contributed by atoms with Crippen molar-refractivity contribution >= 4 is 35.2 Å². The van der Waals surface area contributed by atoms with Gasteiger partial charge in [0.25, 0.3) is 0 Å². The fourth-order valence-electron chi connectivity index (χ4n) is 2.70. The number of hydrogen-bond acceptors (Lipinski definition) is 8. The Kier molecular flexibility index (Phi) is 6.28. The molecule has 30 heavy (non-hydrogen) atoms. The minimum Gasteiger partial charge on any atom is -0.396 e. The van der Waals surface area contributed by atoms with Crippen LogP contribution in [0, 0.1) is 5.41 Å². The molecule has 0 aliphatic carbocycles. The highest BCUT2D eigenvalue weighted by Crippen LogP contribution is 2.24. The number of nitrogen functional groups attached to an aromatic ring is 2. The number of carbonyl (C=O) groups is 2. The van der Waals surface area contributed by atoms with Crippen LogP contribution in [-0.2, 0) is 22.7 Å². The van der Waals surface area contributed by atoms with E-state index in [0.29, 0.717) is 11.4 Å². The lowest BCUT2D eigenvalue weighted by Gasteiger charge is -2.22. The molecule has 2 amide bonds. The summed E-state index contributed by atoms with van der Waals surface area (Å²) in [6.45, 7) is 0.232. The number of pyridine rings is 3. The zero-order valence-corrected chi connectivity index (χ0v) is 15.9. The molecule has 3 aromatic rings. The average molecular weight is 404 g/mol. The van der Waals surface area contributed by atoms with Gasteiger partial charge < -0.3 is 27.1 Å². The molecule has 3 heterocycles. The van der Waals surface area contributed by atoms with Gasteiger partial charge in [-0.15, -0.1) is 0 Å². The Morgan fingerprint density at radius 2 is 1.60 bits per heavy atom. The molecule has 0 saturated heterocycles. The van der Waals surface area contributed by atoms with Crippen LogP contribution in [0.15, 0.2) is 55.0 Å². The highest BCUT2D eigenvalue weighted by molar-refractivity contribution is 6.39. The molecular formula is C20H20N8O2. The summed E-state index contributed by atoms with van der Waals surface area (Å²) in [5.41, 5.74) is 13.2. The molecule has 10 nitrogen and oxygen atoms in total. The molecule has 0 atom stereocenters. The number of amides is 2. The Balaban J connectivity index is 1.83. The molecule has 10 heteroatoms. The van der Waals surface area contributed by atoms with Crippen LogP contribution in [-0.4, -0.2) is 37.9 Å². The van der Waals surface area contributed by atoms with Gasteiger partial charge in [-0.05, 0) is 24.3 Å². The van der Waals surface area contributed by atoms with Gasteiger partial charge in [0.05, 0.1) is 47.6 Å². The van der Waals surface area contributed by atoms with Gasteiger partial charge in [-0.3, -0.25) is 19.6 Å². The second-order valence-electron chi connectivity index (χ2n) is 6.29. The maximum absolute atomic E-state index is 12.9. The smallest absolute Gasteiger partial charge is 0.314 e. The quantitative estimate of drug-likeness (QED) is 0.354. The van der Waals surface area contributed by atoms with Crippen molar-refractivity contribution in [3.05, 3.63) is 71.9 Å². The van der Waals surface area contributed by atoms with Crippen LogP contribution in [0.1, 0.15) is 17.0 Å². The lowest BCUT2D eigenvalue weighted by atomic mass is 10.2. The lowest BCUT2D eigenvalue weighted by molar-refractivity contribution is -0.144. The van der Waals surface area contributed by atoms with E-state index in [0.717, 1.165) is 6.21 Å². The lowest BCUT2D eigenvalue weighted by Crippen LogP contribution is -2.39. The summed E-state index contributed by atoms with van der Waals surface area (Å²) in [6, 6.07) is 10.6. The standard InChI is InChI=1S/C20H20N8O2/c21-9-15-17(22)16(10-26-18(15)23)27-19(29)20(30)28(11-13-5-1-3-7-24-13)12-14-6-2-4-8-25-14/h1-10,21H,11-12H2,(H,27,29)(H4,22,23,26). The zero-order chi connectivity index (χ0) is 21.5. The van der Waals surface area contributed by atoms with Gasteiger partial charge in [-0.2, -0.15) is 0 Å². The van der Waals surface area contributed by atoms with Gasteiger partial charge in [0, 0.05) is 18.6 Å². The highest BCUT2D eigenvalue weighted by Gasteiger charge is 2.24. The third-order valence-electron chi connectivity index (χ3n) is 4.22. The maximum Gasteiger partial charge on any atom is 0.314 e. The summed E-state index contributed by atoms with van der Waals surface area (Å²) >= 11 is 0. The van der Waals surface area contributed by atoms with E-state index in [1.54, 1.807) is 48.8 Å². The van der Waals surface area contributed by atoms with Gasteiger partial charge >= 0.3 is 11.8 Å². The first-order valence-corrected chi connectivity index (χ1v) is 8.94. The van der Waals surface area contributed by atoms with Crippen LogP contribution >= 0.6 is 0 Å². The minimum atomic E-state index is -0.906. The molecule has 3 rings (SSSR count). The van der Waals surface area contributed by atoms with Crippen LogP contribution in [0.2, 0.25) is 0 Å². The van der Waals surface area contributed by atoms with Crippen molar-refractivity contribution in [1.29, 1.82) is 5.41 Å². The third-order valence-corrected chi connectivity index (χ3v) is 4.22. The molecule has 0 aliphatic heterocycles. The number of hydrogen-bond donors (Lipinski definition) is 4. The van der Waals surface area contributed by atoms with E-state index in [9.17, 15) is 9.59 Å². The second kappa shape index (κ2) is 9.24. The number of nitrogens with two attached hydrogens (primary N) is 2. The summed E-state index contributed by atoms with van der Waals surface area (Å²) in [5, 5.41) is 9.83. The number of nitrogens with one attached hydrogen (secondary N) is 2. The largest absolute Gasteiger partial charge is 0.396 e. The Morgan fingerprint density at radius 3 is 2.10 bits per heavy atom. The van der Waals surface area contributed by atoms with Gasteiger partial charge in [0.1, 0.15) is 5.82 Å². The van der Waals surface area contributed by atoms with E-state index in [1.807, 2.05) is 0 Å². The Labute approximate surface area is 172 Å². The molecule has 3 aromatic heterocycles. The van der Waals surface area contributed by atoms with Crippen molar-refractivity contribution in [3.63, 3.8) is 0 Å². The van der Waals surface area contributed by atoms with Crippen LogP contribution in [0.4, 0.5) is 17.2 Å². The van der Waals surface area contributed by atoms with Crippen LogP contribution < -0.4 is 16.8 Å². The molecule has 0 spiro atoms. The summed E-state index contributed by atoms with van der Waals surface area (Å²) in [6.07, 6.45) is 5.39. The fourth-order valence-corrected chi connectivity index (χ4v) is 2.70. The molecular weight excluding hydrogens is 384 g/mol. The van der Waals surface area contributed by atoms with Crippen LogP contribution in [0.3, 0.4) is 0 Å². The average Bonchev–Trinajstić information content (AvgIpc) is 2.76. The number of anilines is 3. The number of nitrogens with zero attached hydrogens (tertiary/aromatic N) is 4. The van der Waals surface area contributed by atoms with Crippen molar-refractivity contribution in [1.82, 2.24) is 19.9 Å². The van der Waals surface area contributed by atoms with Crippen molar-refractivity contribution in [2.45, 2.75) is 13.1 Å². The first-order chi connectivity index (χ1) is 14.5. The van der Waals surface area contributed by atoms with Crippen molar-refractivity contribution in [2.75, 3.05) is 16.8 Å². The van der Waals surface area contributed by atoms with E-state index in [4.69, 9.17) is 16.9 Å². The summed E-state index contributed by atoms with van der Waals surface area (Å²) < 4.78 is 0. The third kappa shape index (κ3) is 4.73. The van der Waals surface area contributed by atoms with E-state index in [1.165, 1.54) is 11.1 Å². The first kappa shape index (κ1) is 20.4. The minimum absolute atomic E-state index is 0.0544. The Morgan fingerprint density at radius 1 is 1.00 bits per heavy atom. The molecule has 0 fully saturated rings. The van der Waals surface area contributed by atoms with Crippen molar-refractivity contribution < 1.29 is 9.59 Å². The molecule has 0 aliphatic rings. The first-order valence-electron chi connectivity index (χ1n) is 8.94. The maximum atomic E-state index is 12.9. The molecule has 0 bridgehead atoms. The normalized spacial score (nSPS) is 10.3. The van der Waals surface area contributed by atoms with Crippen LogP contribution in [0.5, 0.6) is 0 Å². The molecule has 6 N–H and O–H groups in total. The monoisotopic (exact) mass is 404 g/mol. The van der Waals surface area contributed by atoms with Crippen molar-refractivity contribution in [2.24, 2.45) is 0 Å². The van der Waals surface area contributed by atoms with Crippen LogP contribution in [0.25, 0.3) is 0 Å². The van der Waals surface area contributed by atoms with Gasteiger partial charge in [-0.1, -0.05) is 12.1 Å². The fraction of sp³-hybridized carbons (Fsp3) is 0.100. The molecule has 0 saturated carbocycles. The van der Waals surface area contributed by atoms with Gasteiger partial charge in [0.2, 0.25) is 0 Å². The van der Waals surface area contributed by atoms with E-state index in [-0.39, 0.29) is 35.8 Å². The van der Waals surface area contributed by atoms with Gasteiger partial charge in [-0.25, -0.2) is 4.98 Å². The summed E-state index contributed by atoms with van der Waals surface area (Å²) in [5.74, 6) is -1.64. The topological polar surface area (TPSA) is 164 Å². The molecule has 0 radical (unpaired) electrons. The number of carbonyl (C=O) groups excluding carboxylic acids is 2. The van der Waals surface area contributed by atoms with E-state index in [2.05, 4.69) is 20.3 Å². The number of rotatable bonds is 6. The van der Waals surface area contributed by atoms with E-state index >= 15 is 0 Å². The predicted molar refractivity (Wildman–Crippen MR) is 112 cm³/mol. The summed E-state index contributed by atoms with van der Waals surface area (Å²) in [7, 11) is 0. The van der Waals surface area contributed by atoms with Crippen molar-refractivity contribution in [3.8, 4) is 0 Å². The van der Waals surface area contributed by atoms with Gasteiger partial charge in [0.15, 0.2) is 0 Å².